The van der Waals surface area contributed by atoms with Gasteiger partial charge in [-0.25, -0.2) is 9.97 Å². The van der Waals surface area contributed by atoms with Crippen LogP contribution in [0.4, 0.5) is 17.2 Å². The van der Waals surface area contributed by atoms with Gasteiger partial charge in [0, 0.05) is 22.2 Å². The standard InChI is InChI=1S/C18H15ClN4O2S/c1-2-22(14-6-4-3-5-7-14)17-16(23(24)25)18(21-12-20-17)26-15-10-8-13(19)9-11-15/h3-12H,2H2,1H3. The molecule has 1 heterocycles. The highest BCUT2D eigenvalue weighted by Crippen LogP contribution is 2.40. The van der Waals surface area contributed by atoms with Gasteiger partial charge in [-0.1, -0.05) is 41.6 Å². The highest BCUT2D eigenvalue weighted by molar-refractivity contribution is 7.99. The number of hydrogen-bond donors (Lipinski definition) is 0. The first-order valence-electron chi connectivity index (χ1n) is 7.85. The number of nitro groups is 1. The fraction of sp³-hybridized carbons (Fsp3) is 0.111. The molecule has 3 aromatic rings. The van der Waals surface area contributed by atoms with Crippen molar-refractivity contribution in [3.63, 3.8) is 0 Å². The Bertz CT molecular complexity index is 907. The van der Waals surface area contributed by atoms with Crippen LogP contribution >= 0.6 is 23.4 Å². The molecule has 0 radical (unpaired) electrons. The molecule has 2 aromatic carbocycles. The molecule has 0 spiro atoms. The summed E-state index contributed by atoms with van der Waals surface area (Å²) in [4.78, 5) is 22.3. The van der Waals surface area contributed by atoms with Crippen molar-refractivity contribution in [2.75, 3.05) is 11.4 Å². The lowest BCUT2D eigenvalue weighted by molar-refractivity contribution is -0.387. The molecule has 0 saturated heterocycles. The molecule has 0 aliphatic heterocycles. The van der Waals surface area contributed by atoms with Crippen LogP contribution in [0.3, 0.4) is 0 Å². The second-order valence-electron chi connectivity index (χ2n) is 5.24. The minimum atomic E-state index is -0.431. The molecule has 0 aliphatic carbocycles. The lowest BCUT2D eigenvalue weighted by Crippen LogP contribution is -2.19. The summed E-state index contributed by atoms with van der Waals surface area (Å²) in [6.45, 7) is 2.46. The van der Waals surface area contributed by atoms with Crippen LogP contribution in [0.1, 0.15) is 6.92 Å². The van der Waals surface area contributed by atoms with Crippen LogP contribution in [0.5, 0.6) is 0 Å². The molecule has 132 valence electrons. The van der Waals surface area contributed by atoms with Crippen molar-refractivity contribution in [1.29, 1.82) is 0 Å². The van der Waals surface area contributed by atoms with E-state index in [1.54, 1.807) is 29.2 Å². The number of rotatable bonds is 6. The van der Waals surface area contributed by atoms with Gasteiger partial charge < -0.3 is 4.90 Å². The summed E-state index contributed by atoms with van der Waals surface area (Å²) in [5.41, 5.74) is 0.720. The fourth-order valence-corrected chi connectivity index (χ4v) is 3.45. The molecule has 0 amide bonds. The highest BCUT2D eigenvalue weighted by Gasteiger charge is 2.27. The molecule has 8 heteroatoms. The summed E-state index contributed by atoms with van der Waals surface area (Å²) >= 11 is 7.11. The largest absolute Gasteiger partial charge is 0.344 e. The van der Waals surface area contributed by atoms with E-state index in [4.69, 9.17) is 11.6 Å². The topological polar surface area (TPSA) is 72.2 Å². The summed E-state index contributed by atoms with van der Waals surface area (Å²) in [6, 6.07) is 16.5. The summed E-state index contributed by atoms with van der Waals surface area (Å²) in [6.07, 6.45) is 1.35. The molecule has 26 heavy (non-hydrogen) atoms. The van der Waals surface area contributed by atoms with Crippen molar-refractivity contribution in [2.24, 2.45) is 0 Å². The Morgan fingerprint density at radius 2 is 1.81 bits per heavy atom. The molecule has 0 saturated carbocycles. The fourth-order valence-electron chi connectivity index (χ4n) is 2.46. The van der Waals surface area contributed by atoms with Crippen LogP contribution in [0.15, 0.2) is 70.8 Å². The van der Waals surface area contributed by atoms with Gasteiger partial charge in [0.25, 0.3) is 0 Å². The second-order valence-corrected chi connectivity index (χ2v) is 6.74. The predicted molar refractivity (Wildman–Crippen MR) is 103 cm³/mol. The molecular formula is C18H15ClN4O2S. The number of hydrogen-bond acceptors (Lipinski definition) is 6. The van der Waals surface area contributed by atoms with E-state index in [2.05, 4.69) is 9.97 Å². The summed E-state index contributed by atoms with van der Waals surface area (Å²) in [5, 5.41) is 12.7. The Morgan fingerprint density at radius 3 is 2.42 bits per heavy atom. The van der Waals surface area contributed by atoms with Gasteiger partial charge >= 0.3 is 5.69 Å². The van der Waals surface area contributed by atoms with Crippen LogP contribution in [0.2, 0.25) is 5.02 Å². The highest BCUT2D eigenvalue weighted by atomic mass is 35.5. The molecule has 0 aliphatic rings. The van der Waals surface area contributed by atoms with Crippen LogP contribution in [0, 0.1) is 10.1 Å². The number of halogens is 1. The molecule has 0 fully saturated rings. The SMILES string of the molecule is CCN(c1ccccc1)c1ncnc(Sc2ccc(Cl)cc2)c1[N+](=O)[O-]. The number of aromatic nitrogens is 2. The Morgan fingerprint density at radius 1 is 1.12 bits per heavy atom. The normalized spacial score (nSPS) is 10.5. The third-order valence-electron chi connectivity index (χ3n) is 3.62. The summed E-state index contributed by atoms with van der Waals surface area (Å²) < 4.78 is 0. The molecule has 6 nitrogen and oxygen atoms in total. The summed E-state index contributed by atoms with van der Waals surface area (Å²) in [5.74, 6) is 0.273. The first kappa shape index (κ1) is 18.2. The minimum Gasteiger partial charge on any atom is -0.321 e. The quantitative estimate of drug-likeness (QED) is 0.323. The van der Waals surface area contributed by atoms with E-state index in [1.807, 2.05) is 37.3 Å². The van der Waals surface area contributed by atoms with Crippen molar-refractivity contribution in [3.8, 4) is 0 Å². The van der Waals surface area contributed by atoms with Gasteiger partial charge in [0.2, 0.25) is 5.82 Å². The zero-order valence-electron chi connectivity index (χ0n) is 13.9. The van der Waals surface area contributed by atoms with Crippen molar-refractivity contribution in [2.45, 2.75) is 16.8 Å². The van der Waals surface area contributed by atoms with Gasteiger partial charge in [-0.2, -0.15) is 0 Å². The maximum absolute atomic E-state index is 11.8. The zero-order valence-corrected chi connectivity index (χ0v) is 15.4. The van der Waals surface area contributed by atoms with E-state index in [0.29, 0.717) is 11.6 Å². The van der Waals surface area contributed by atoms with Gasteiger partial charge in [0.05, 0.1) is 4.92 Å². The van der Waals surface area contributed by atoms with E-state index in [0.717, 1.165) is 10.6 Å². The van der Waals surface area contributed by atoms with E-state index in [-0.39, 0.29) is 16.5 Å². The van der Waals surface area contributed by atoms with Crippen molar-refractivity contribution < 1.29 is 4.92 Å². The Hall–Kier alpha value is -2.64. The van der Waals surface area contributed by atoms with Crippen molar-refractivity contribution >= 4 is 40.6 Å². The number of anilines is 2. The Balaban J connectivity index is 2.06. The molecule has 0 N–H and O–H groups in total. The number of benzene rings is 2. The van der Waals surface area contributed by atoms with Gasteiger partial charge in [-0.05, 0) is 43.3 Å². The van der Waals surface area contributed by atoms with Crippen LogP contribution < -0.4 is 4.90 Å². The smallest absolute Gasteiger partial charge is 0.321 e. The Kier molecular flexibility index (Phi) is 5.70. The average Bonchev–Trinajstić information content (AvgIpc) is 2.65. The van der Waals surface area contributed by atoms with E-state index < -0.39 is 4.92 Å². The number of nitrogens with zero attached hydrogens (tertiary/aromatic N) is 4. The van der Waals surface area contributed by atoms with Gasteiger partial charge in [-0.3, -0.25) is 10.1 Å². The van der Waals surface area contributed by atoms with E-state index in [9.17, 15) is 10.1 Å². The zero-order chi connectivity index (χ0) is 18.5. The average molecular weight is 387 g/mol. The van der Waals surface area contributed by atoms with Gasteiger partial charge in [0.1, 0.15) is 6.33 Å². The third-order valence-corrected chi connectivity index (χ3v) is 4.87. The monoisotopic (exact) mass is 386 g/mol. The predicted octanol–water partition coefficient (Wildman–Crippen LogP) is 5.35. The van der Waals surface area contributed by atoms with Crippen LogP contribution in [-0.4, -0.2) is 21.4 Å². The molecule has 0 unspecified atom stereocenters. The van der Waals surface area contributed by atoms with Crippen LogP contribution in [0.25, 0.3) is 0 Å². The maximum atomic E-state index is 11.8. The summed E-state index contributed by atoms with van der Waals surface area (Å²) in [7, 11) is 0. The first-order chi connectivity index (χ1) is 12.6. The van der Waals surface area contributed by atoms with Crippen LogP contribution in [-0.2, 0) is 0 Å². The molecular weight excluding hydrogens is 372 g/mol. The molecule has 0 atom stereocenters. The molecule has 1 aromatic heterocycles. The van der Waals surface area contributed by atoms with Gasteiger partial charge in [0.15, 0.2) is 5.03 Å². The lowest BCUT2D eigenvalue weighted by atomic mass is 10.2. The van der Waals surface area contributed by atoms with E-state index >= 15 is 0 Å². The van der Waals surface area contributed by atoms with Crippen molar-refractivity contribution in [1.82, 2.24) is 9.97 Å². The molecule has 3 rings (SSSR count). The third kappa shape index (κ3) is 3.95. The first-order valence-corrected chi connectivity index (χ1v) is 9.05. The lowest BCUT2D eigenvalue weighted by Gasteiger charge is -2.22. The number of para-hydroxylation sites is 1. The van der Waals surface area contributed by atoms with E-state index in [1.165, 1.54) is 18.1 Å². The maximum Gasteiger partial charge on any atom is 0.344 e. The molecule has 0 bridgehead atoms. The van der Waals surface area contributed by atoms with Gasteiger partial charge in [-0.15, -0.1) is 0 Å². The minimum absolute atomic E-state index is 0.113. The second kappa shape index (κ2) is 8.16. The Labute approximate surface area is 160 Å². The van der Waals surface area contributed by atoms with Crippen molar-refractivity contribution in [3.05, 3.63) is 76.1 Å².